The summed E-state index contributed by atoms with van der Waals surface area (Å²) >= 11 is 3.83. The van der Waals surface area contributed by atoms with Crippen molar-refractivity contribution < 1.29 is 57.7 Å². The number of carbonyl (C=O) groups is 2. The fourth-order valence-electron chi connectivity index (χ4n) is 5.91. The quantitative estimate of drug-likeness (QED) is 0.0444. The van der Waals surface area contributed by atoms with Gasteiger partial charge in [0, 0.05) is 18.2 Å². The average molecular weight is 1070 g/mol. The van der Waals surface area contributed by atoms with Crippen molar-refractivity contribution in [3.63, 3.8) is 0 Å². The van der Waals surface area contributed by atoms with Crippen LogP contribution in [0.5, 0.6) is 46.0 Å². The van der Waals surface area contributed by atoms with E-state index in [1.54, 1.807) is 93.5 Å². The number of hydrogen-bond acceptors (Lipinski definition) is 22. The number of amides is 1. The second-order valence-corrected chi connectivity index (χ2v) is 17.5. The highest BCUT2D eigenvalue weighted by molar-refractivity contribution is 7.13. The van der Waals surface area contributed by atoms with Crippen molar-refractivity contribution in [1.82, 2.24) is 34.9 Å². The smallest absolute Gasteiger partial charge is 0.347 e. The molecule has 0 saturated heterocycles. The van der Waals surface area contributed by atoms with Gasteiger partial charge in [-0.15, -0.1) is 34.0 Å². The Hall–Kier alpha value is -9.39. The zero-order valence-electron chi connectivity index (χ0n) is 39.9. The molecule has 0 aliphatic carbocycles. The SMILES string of the molecule is COc1ccc(COc2ccc(O)c(N)c2)nc1.COc1ccc(COc2ccc(O)c(NC(=O)c3cncs3)c2)nc1.COc1ccc(COc2ccc3oc(-c4cncs4)nc3c2)nc1.O=C(O)c1cncs1. The molecule has 0 bridgehead atoms. The maximum Gasteiger partial charge on any atom is 0.347 e. The summed E-state index contributed by atoms with van der Waals surface area (Å²) in [5.41, 5.74) is 14.7. The lowest BCUT2D eigenvalue weighted by atomic mass is 10.2. The van der Waals surface area contributed by atoms with Gasteiger partial charge in [-0.1, -0.05) is 0 Å². The number of ether oxygens (including phenoxy) is 6. The first-order valence-electron chi connectivity index (χ1n) is 21.8. The van der Waals surface area contributed by atoms with Crippen molar-refractivity contribution in [2.45, 2.75) is 19.8 Å². The number of hydrogen-bond donors (Lipinski definition) is 5. The number of phenols is 2. The molecular formula is C51H45N9O12S3. The monoisotopic (exact) mass is 1070 g/mol. The van der Waals surface area contributed by atoms with Crippen LogP contribution in [0.3, 0.4) is 0 Å². The lowest BCUT2D eigenvalue weighted by molar-refractivity contribution is 0.0701. The number of thiazole rings is 3. The van der Waals surface area contributed by atoms with E-state index in [9.17, 15) is 19.8 Å². The number of phenolic OH excluding ortho intramolecular Hbond substituents is 2. The minimum atomic E-state index is -0.910. The number of nitrogens with one attached hydrogen (secondary N) is 1. The van der Waals surface area contributed by atoms with Gasteiger partial charge in [0.05, 0.1) is 103 Å². The molecule has 21 nitrogen and oxygen atoms in total. The van der Waals surface area contributed by atoms with Gasteiger partial charge in [-0.3, -0.25) is 34.7 Å². The molecule has 0 aliphatic heterocycles. The van der Waals surface area contributed by atoms with Crippen LogP contribution in [0.1, 0.15) is 36.4 Å². The van der Waals surface area contributed by atoms with Gasteiger partial charge in [-0.25, -0.2) is 9.78 Å². The molecule has 6 N–H and O–H groups in total. The lowest BCUT2D eigenvalue weighted by Crippen LogP contribution is -2.10. The molecule has 3 aromatic carbocycles. The summed E-state index contributed by atoms with van der Waals surface area (Å²) in [4.78, 5) is 52.4. The average Bonchev–Trinajstić information content (AvgIpc) is 4.31. The van der Waals surface area contributed by atoms with Crippen LogP contribution in [0, 0.1) is 0 Å². The minimum Gasteiger partial charge on any atom is -0.506 e. The molecule has 10 rings (SSSR count). The third kappa shape index (κ3) is 16.1. The first-order chi connectivity index (χ1) is 36.5. The van der Waals surface area contributed by atoms with E-state index < -0.39 is 5.97 Å². The van der Waals surface area contributed by atoms with Gasteiger partial charge in [-0.2, -0.15) is 0 Å². The van der Waals surface area contributed by atoms with Crippen molar-refractivity contribution in [3.8, 4) is 56.8 Å². The highest BCUT2D eigenvalue weighted by Gasteiger charge is 2.13. The number of carboxylic acid groups (broad SMARTS) is 1. The van der Waals surface area contributed by atoms with E-state index in [-0.39, 0.29) is 40.3 Å². The number of benzene rings is 3. The molecule has 0 fully saturated rings. The van der Waals surface area contributed by atoms with E-state index in [1.807, 2.05) is 42.5 Å². The van der Waals surface area contributed by atoms with Crippen LogP contribution < -0.4 is 39.5 Å². The molecule has 7 aromatic heterocycles. The Balaban J connectivity index is 0.000000154. The molecule has 75 heavy (non-hydrogen) atoms. The van der Waals surface area contributed by atoms with Gasteiger partial charge in [-0.05, 0) is 72.8 Å². The van der Waals surface area contributed by atoms with E-state index in [2.05, 4.69) is 40.2 Å². The molecule has 0 radical (unpaired) electrons. The number of fused-ring (bicyclic) bond motifs is 1. The minimum absolute atomic E-state index is 0.0462. The summed E-state index contributed by atoms with van der Waals surface area (Å²) in [6, 6.07) is 25.8. The summed E-state index contributed by atoms with van der Waals surface area (Å²) in [5, 5.41) is 30.1. The van der Waals surface area contributed by atoms with Crippen LogP contribution in [0.2, 0.25) is 0 Å². The molecule has 24 heteroatoms. The third-order valence-corrected chi connectivity index (χ3v) is 12.1. The number of rotatable bonds is 16. The summed E-state index contributed by atoms with van der Waals surface area (Å²) in [6.45, 7) is 0.945. The maximum atomic E-state index is 12.1. The normalized spacial score (nSPS) is 10.3. The molecule has 0 aliphatic rings. The Kier molecular flexibility index (Phi) is 19.1. The Bertz CT molecular complexity index is 3350. The van der Waals surface area contributed by atoms with E-state index in [0.29, 0.717) is 58.3 Å². The summed E-state index contributed by atoms with van der Waals surface area (Å²) < 4.78 is 37.8. The van der Waals surface area contributed by atoms with Gasteiger partial charge < -0.3 is 59.2 Å². The largest absolute Gasteiger partial charge is 0.506 e. The van der Waals surface area contributed by atoms with Crippen LogP contribution in [0.15, 0.2) is 149 Å². The van der Waals surface area contributed by atoms with Crippen molar-refractivity contribution in [1.29, 1.82) is 0 Å². The highest BCUT2D eigenvalue weighted by Crippen LogP contribution is 2.31. The van der Waals surface area contributed by atoms with Crippen LogP contribution in [-0.2, 0) is 19.8 Å². The summed E-state index contributed by atoms with van der Waals surface area (Å²) in [7, 11) is 4.78. The zero-order chi connectivity index (χ0) is 52.9. The molecule has 0 saturated carbocycles. The van der Waals surface area contributed by atoms with Gasteiger partial charge >= 0.3 is 5.97 Å². The predicted octanol–water partition coefficient (Wildman–Crippen LogP) is 9.82. The molecule has 384 valence electrons. The number of nitrogens with two attached hydrogens (primary N) is 1. The number of nitrogen functional groups attached to an aromatic ring is 1. The molecule has 0 unspecified atom stereocenters. The molecule has 7 heterocycles. The van der Waals surface area contributed by atoms with Gasteiger partial charge in [0.1, 0.15) is 86.0 Å². The molecule has 10 aromatic rings. The maximum absolute atomic E-state index is 12.1. The number of carbonyl (C=O) groups excluding carboxylic acids is 1. The number of anilines is 2. The fourth-order valence-corrected chi connectivity index (χ4v) is 7.43. The lowest BCUT2D eigenvalue weighted by Gasteiger charge is -2.10. The van der Waals surface area contributed by atoms with Crippen molar-refractivity contribution in [2.75, 3.05) is 32.4 Å². The van der Waals surface area contributed by atoms with Gasteiger partial charge in [0.25, 0.3) is 5.91 Å². The molecular weight excluding hydrogens is 1030 g/mol. The van der Waals surface area contributed by atoms with Gasteiger partial charge in [0.2, 0.25) is 5.89 Å². The van der Waals surface area contributed by atoms with E-state index in [4.69, 9.17) is 43.7 Å². The number of aromatic nitrogens is 7. The number of oxazole rings is 1. The fraction of sp³-hybridized carbons (Fsp3) is 0.118. The number of nitrogens with zero attached hydrogens (tertiary/aromatic N) is 7. The third-order valence-electron chi connectivity index (χ3n) is 9.78. The molecule has 0 atom stereocenters. The highest BCUT2D eigenvalue weighted by atomic mass is 32.1. The number of methoxy groups -OCH3 is 3. The Morgan fingerprint density at radius 1 is 0.573 bits per heavy atom. The second-order valence-electron chi connectivity index (χ2n) is 14.8. The van der Waals surface area contributed by atoms with Crippen LogP contribution >= 0.6 is 34.0 Å². The number of aromatic hydroxyl groups is 2. The predicted molar refractivity (Wildman–Crippen MR) is 280 cm³/mol. The molecule has 0 spiro atoms. The number of pyridine rings is 3. The second kappa shape index (κ2) is 26.9. The number of aromatic carboxylic acids is 1. The Morgan fingerprint density at radius 2 is 1.05 bits per heavy atom. The Morgan fingerprint density at radius 3 is 1.51 bits per heavy atom. The zero-order valence-corrected chi connectivity index (χ0v) is 42.4. The first kappa shape index (κ1) is 53.4. The summed E-state index contributed by atoms with van der Waals surface area (Å²) in [5.74, 6) is 3.20. The van der Waals surface area contributed by atoms with Gasteiger partial charge in [0.15, 0.2) is 5.58 Å². The van der Waals surface area contributed by atoms with Crippen LogP contribution in [0.4, 0.5) is 11.4 Å². The standard InChI is InChI=1S/C17H15N3O4S.C17H13N3O3S.C13H14N2O3.C4H3NO2S/c1-23-13-3-2-11(19-7-13)9-24-12-4-5-15(21)14(6-12)20-17(22)16-8-18-10-25-16;1-21-13-3-2-11(19-7-13)9-22-12-4-5-15-14(6-12)20-17(23-15)16-8-18-10-24-16;1-17-11-3-2-9(15-7-11)8-18-10-4-5-13(16)12(14)6-10;6-4(7)3-1-5-2-8-3/h2-8,10,21H,9H2,1H3,(H,20,22);2-8,10H,9H2,1H3;2-7,16H,8,14H2,1H3;1-2H,(H,6,7). The van der Waals surface area contributed by atoms with Crippen LogP contribution in [-0.4, -0.2) is 83.4 Å². The number of carboxylic acids is 1. The van der Waals surface area contributed by atoms with E-state index in [0.717, 1.165) is 44.6 Å². The van der Waals surface area contributed by atoms with E-state index >= 15 is 0 Å². The van der Waals surface area contributed by atoms with Crippen molar-refractivity contribution >= 4 is 68.4 Å². The van der Waals surface area contributed by atoms with Crippen molar-refractivity contribution in [2.24, 2.45) is 0 Å². The summed E-state index contributed by atoms with van der Waals surface area (Å²) in [6.07, 6.45) is 9.43. The van der Waals surface area contributed by atoms with E-state index in [1.165, 1.54) is 52.7 Å². The van der Waals surface area contributed by atoms with Crippen LogP contribution in [0.25, 0.3) is 21.9 Å². The topological polar surface area (TPSA) is 292 Å². The molecule has 1 amide bonds. The van der Waals surface area contributed by atoms with Crippen molar-refractivity contribution in [3.05, 3.63) is 172 Å². The first-order valence-corrected chi connectivity index (χ1v) is 24.5. The Labute approximate surface area is 439 Å².